The molecule has 0 aromatic heterocycles. The van der Waals surface area contributed by atoms with Crippen LogP contribution in [0.3, 0.4) is 0 Å². The van der Waals surface area contributed by atoms with Crippen molar-refractivity contribution in [3.63, 3.8) is 0 Å². The molecule has 23 atom stereocenters. The molecular formula is C39H64O14. The average molecular weight is 757 g/mol. The number of aliphatic hydroxyl groups excluding tert-OH is 8. The summed E-state index contributed by atoms with van der Waals surface area (Å²) in [6.45, 7) is 8.96. The van der Waals surface area contributed by atoms with Crippen molar-refractivity contribution in [2.75, 3.05) is 19.8 Å². The predicted molar refractivity (Wildman–Crippen MR) is 184 cm³/mol. The molecule has 14 heteroatoms. The first-order chi connectivity index (χ1) is 25.2. The first kappa shape index (κ1) is 39.3. The van der Waals surface area contributed by atoms with Gasteiger partial charge in [-0.2, -0.15) is 0 Å². The van der Waals surface area contributed by atoms with Gasteiger partial charge in [0.15, 0.2) is 18.4 Å². The molecule has 8 N–H and O–H groups in total. The van der Waals surface area contributed by atoms with E-state index < -0.39 is 92.6 Å². The summed E-state index contributed by atoms with van der Waals surface area (Å²) in [7, 11) is 0. The van der Waals surface area contributed by atoms with Gasteiger partial charge in [0.05, 0.1) is 38.1 Å². The Hall–Kier alpha value is -0.560. The Morgan fingerprint density at radius 2 is 1.40 bits per heavy atom. The van der Waals surface area contributed by atoms with Crippen molar-refractivity contribution in [2.24, 2.45) is 52.3 Å². The van der Waals surface area contributed by atoms with Crippen LogP contribution >= 0.6 is 0 Å². The van der Waals surface area contributed by atoms with Crippen molar-refractivity contribution in [1.82, 2.24) is 0 Å². The topological polar surface area (TPSA) is 217 Å². The van der Waals surface area contributed by atoms with E-state index in [9.17, 15) is 40.9 Å². The molecule has 53 heavy (non-hydrogen) atoms. The highest BCUT2D eigenvalue weighted by Gasteiger charge is 2.69. The van der Waals surface area contributed by atoms with E-state index in [4.69, 9.17) is 28.4 Å². The van der Waals surface area contributed by atoms with E-state index in [0.29, 0.717) is 48.3 Å². The Bertz CT molecular complexity index is 1300. The van der Waals surface area contributed by atoms with Crippen molar-refractivity contribution in [2.45, 2.75) is 171 Å². The third-order valence-corrected chi connectivity index (χ3v) is 16.2. The predicted octanol–water partition coefficient (Wildman–Crippen LogP) is 0.413. The summed E-state index contributed by atoms with van der Waals surface area (Å²) in [6.07, 6.45) is -8.11. The maximum atomic E-state index is 11.8. The summed E-state index contributed by atoms with van der Waals surface area (Å²) in [5, 5.41) is 84.5. The number of aliphatic hydroxyl groups is 8. The summed E-state index contributed by atoms with van der Waals surface area (Å²) >= 11 is 0. The largest absolute Gasteiger partial charge is 0.394 e. The minimum atomic E-state index is -1.76. The normalized spacial score (nSPS) is 59.5. The number of hydrogen-bond acceptors (Lipinski definition) is 14. The lowest BCUT2D eigenvalue weighted by atomic mass is 9.44. The van der Waals surface area contributed by atoms with Gasteiger partial charge in [-0.3, -0.25) is 0 Å². The molecule has 14 nitrogen and oxygen atoms in total. The molecule has 0 aromatic rings. The molecule has 8 aliphatic rings. The zero-order valence-corrected chi connectivity index (χ0v) is 31.6. The van der Waals surface area contributed by atoms with Crippen molar-refractivity contribution < 1.29 is 69.3 Å². The second kappa shape index (κ2) is 14.4. The Labute approximate surface area is 312 Å². The van der Waals surface area contributed by atoms with Crippen LogP contribution in [0, 0.1) is 52.3 Å². The van der Waals surface area contributed by atoms with E-state index in [0.717, 1.165) is 51.6 Å². The molecule has 0 radical (unpaired) electrons. The smallest absolute Gasteiger partial charge is 0.187 e. The van der Waals surface area contributed by atoms with Crippen LogP contribution in [-0.2, 0) is 28.4 Å². The van der Waals surface area contributed by atoms with Crippen molar-refractivity contribution in [3.8, 4) is 0 Å². The first-order valence-electron chi connectivity index (χ1n) is 20.4. The van der Waals surface area contributed by atoms with E-state index in [2.05, 4.69) is 27.7 Å². The quantitative estimate of drug-likeness (QED) is 0.173. The number of ether oxygens (including phenoxy) is 6. The van der Waals surface area contributed by atoms with Gasteiger partial charge in [0.25, 0.3) is 0 Å². The van der Waals surface area contributed by atoms with Crippen LogP contribution in [0.4, 0.5) is 0 Å². The molecule has 4 aliphatic carbocycles. The SMILES string of the molecule is C[C@H]1CC[C@@]2(OC1)O[C@H]1C[C@H]3[C@@H]4CC[C@@H]5C[C@H](O[C@@H]6O[C@H](CO)[C@H](O)[C@H](O)[C@H]6O[C@@H]6O[C@H](CO)[C@@H](O)[C@H](O)[C@H]6O)[C@@H](O)C[C@]5(C)[C@H]4CC[C@]3(C)[C@H]1[C@@H]2C. The molecule has 1 spiro atoms. The van der Waals surface area contributed by atoms with E-state index in [1.165, 1.54) is 0 Å². The lowest BCUT2D eigenvalue weighted by molar-refractivity contribution is -0.376. The van der Waals surface area contributed by atoms with Crippen LogP contribution < -0.4 is 0 Å². The van der Waals surface area contributed by atoms with Gasteiger partial charge < -0.3 is 69.3 Å². The Balaban J connectivity index is 0.962. The van der Waals surface area contributed by atoms with Gasteiger partial charge >= 0.3 is 0 Å². The molecule has 0 bridgehead atoms. The standard InChI is InChI=1S/C39H64O14/c1-17-7-10-39(48-16-17)18(2)28-25(53-39)12-22-20-6-5-19-11-24(23(42)13-38(19,4)21(20)8-9-37(22,28)3)49-36-34(32(46)30(44)27(15-41)51-36)52-35-33(47)31(45)29(43)26(14-40)50-35/h17-36,40-47H,5-16H2,1-4H3/t17-,18-,19+,20+,21-,22-,23-,24-,25-,26+,27+,28-,29+,30-,31-,32-,33+,34+,35-,36+,37-,38-,39+/m0/s1. The molecule has 4 saturated carbocycles. The average Bonchev–Trinajstić information content (AvgIpc) is 3.58. The number of fused-ring (bicyclic) bond motifs is 7. The second-order valence-corrected chi connectivity index (χ2v) is 18.9. The van der Waals surface area contributed by atoms with Gasteiger partial charge in [-0.05, 0) is 97.7 Å². The number of rotatable bonds is 6. The van der Waals surface area contributed by atoms with Crippen LogP contribution in [0.25, 0.3) is 0 Å². The molecule has 4 saturated heterocycles. The fourth-order valence-electron chi connectivity index (χ4n) is 13.2. The van der Waals surface area contributed by atoms with E-state index in [-0.39, 0.29) is 22.9 Å². The van der Waals surface area contributed by atoms with Gasteiger partial charge in [-0.25, -0.2) is 0 Å². The van der Waals surface area contributed by atoms with Crippen LogP contribution in [0.1, 0.15) is 85.5 Å². The van der Waals surface area contributed by atoms with Gasteiger partial charge in [0.2, 0.25) is 0 Å². The minimum absolute atomic E-state index is 0.111. The van der Waals surface area contributed by atoms with Crippen molar-refractivity contribution >= 4 is 0 Å². The highest BCUT2D eigenvalue weighted by molar-refractivity contribution is 5.16. The summed E-state index contributed by atoms with van der Waals surface area (Å²) < 4.78 is 37.2. The molecule has 8 rings (SSSR count). The zero-order chi connectivity index (χ0) is 37.8. The second-order valence-electron chi connectivity index (χ2n) is 18.9. The Kier molecular flexibility index (Phi) is 10.6. The van der Waals surface area contributed by atoms with Crippen molar-refractivity contribution in [3.05, 3.63) is 0 Å². The lowest BCUT2D eigenvalue weighted by Crippen LogP contribution is -2.65. The molecule has 304 valence electrons. The van der Waals surface area contributed by atoms with Crippen LogP contribution in [0.15, 0.2) is 0 Å². The van der Waals surface area contributed by atoms with Crippen LogP contribution in [0.2, 0.25) is 0 Å². The summed E-state index contributed by atoms with van der Waals surface area (Å²) in [4.78, 5) is 0. The highest BCUT2D eigenvalue weighted by Crippen LogP contribution is 2.71. The maximum Gasteiger partial charge on any atom is 0.187 e. The number of hydrogen-bond donors (Lipinski definition) is 8. The first-order valence-corrected chi connectivity index (χ1v) is 20.4. The molecule has 0 unspecified atom stereocenters. The molecule has 4 heterocycles. The van der Waals surface area contributed by atoms with Gasteiger partial charge in [-0.1, -0.05) is 27.7 Å². The van der Waals surface area contributed by atoms with E-state index >= 15 is 0 Å². The molecule has 0 aromatic carbocycles. The zero-order valence-electron chi connectivity index (χ0n) is 31.6. The lowest BCUT2D eigenvalue weighted by Gasteiger charge is -2.62. The van der Waals surface area contributed by atoms with Crippen LogP contribution in [0.5, 0.6) is 0 Å². The highest BCUT2D eigenvalue weighted by atomic mass is 16.8. The van der Waals surface area contributed by atoms with Crippen LogP contribution in [-0.4, -0.2) is 146 Å². The fourth-order valence-corrected chi connectivity index (χ4v) is 13.2. The maximum absolute atomic E-state index is 11.8. The Morgan fingerprint density at radius 1 is 0.698 bits per heavy atom. The molecule has 4 aliphatic heterocycles. The minimum Gasteiger partial charge on any atom is -0.394 e. The molecule has 8 fully saturated rings. The van der Waals surface area contributed by atoms with Gasteiger partial charge in [0, 0.05) is 12.3 Å². The van der Waals surface area contributed by atoms with E-state index in [1.807, 2.05) is 0 Å². The Morgan fingerprint density at radius 3 is 2.08 bits per heavy atom. The summed E-state index contributed by atoms with van der Waals surface area (Å²) in [5.41, 5.74) is 0.0762. The van der Waals surface area contributed by atoms with Gasteiger partial charge in [0.1, 0.15) is 48.8 Å². The fraction of sp³-hybridized carbons (Fsp3) is 1.00. The van der Waals surface area contributed by atoms with E-state index in [1.54, 1.807) is 0 Å². The summed E-state index contributed by atoms with van der Waals surface area (Å²) in [5.74, 6) is 2.78. The third-order valence-electron chi connectivity index (χ3n) is 16.2. The molecular weight excluding hydrogens is 692 g/mol. The third kappa shape index (κ3) is 6.20. The van der Waals surface area contributed by atoms with Gasteiger partial charge in [-0.15, -0.1) is 0 Å². The summed E-state index contributed by atoms with van der Waals surface area (Å²) in [6, 6.07) is 0. The molecule has 0 amide bonds. The van der Waals surface area contributed by atoms with Crippen molar-refractivity contribution in [1.29, 1.82) is 0 Å². The monoisotopic (exact) mass is 756 g/mol.